The number of nitrogens with zero attached hydrogens (tertiary/aromatic N) is 2. The Morgan fingerprint density at radius 2 is 2.00 bits per heavy atom. The standard InChI is InChI=1S/C15H14N2OS/c19-12-17-14-8-9-15(16-11-14)18-10-4-7-13-5-2-1-3-6-13/h1-3,5-6,8-9,11H,4,7,10H2. The van der Waals surface area contributed by atoms with E-state index in [4.69, 9.17) is 4.74 Å². The average molecular weight is 270 g/mol. The molecule has 0 atom stereocenters. The number of aromatic nitrogens is 1. The molecule has 0 aliphatic heterocycles. The van der Waals surface area contributed by atoms with Gasteiger partial charge in [0.15, 0.2) is 0 Å². The van der Waals surface area contributed by atoms with Crippen LogP contribution in [0.2, 0.25) is 0 Å². The molecule has 0 aliphatic rings. The molecule has 2 aromatic rings. The Labute approximate surface area is 118 Å². The van der Waals surface area contributed by atoms with Gasteiger partial charge in [0.05, 0.1) is 23.7 Å². The summed E-state index contributed by atoms with van der Waals surface area (Å²) in [5.41, 5.74) is 2.01. The summed E-state index contributed by atoms with van der Waals surface area (Å²) in [5, 5.41) is 2.30. The van der Waals surface area contributed by atoms with Crippen molar-refractivity contribution in [1.82, 2.24) is 4.98 Å². The maximum absolute atomic E-state index is 5.56. The zero-order valence-corrected chi connectivity index (χ0v) is 11.3. The summed E-state index contributed by atoms with van der Waals surface area (Å²) in [6.07, 6.45) is 3.59. The lowest BCUT2D eigenvalue weighted by molar-refractivity contribution is 0.299. The molecule has 0 saturated heterocycles. The lowest BCUT2D eigenvalue weighted by Gasteiger charge is -2.05. The Balaban J connectivity index is 1.75. The van der Waals surface area contributed by atoms with Gasteiger partial charge in [-0.25, -0.2) is 4.98 Å². The van der Waals surface area contributed by atoms with Gasteiger partial charge in [-0.15, -0.1) is 0 Å². The zero-order valence-electron chi connectivity index (χ0n) is 10.5. The van der Waals surface area contributed by atoms with E-state index >= 15 is 0 Å². The second-order valence-electron chi connectivity index (χ2n) is 4.00. The first-order valence-corrected chi connectivity index (χ1v) is 6.50. The number of hydrogen-bond donors (Lipinski definition) is 0. The number of benzene rings is 1. The number of rotatable bonds is 6. The molecule has 0 spiro atoms. The highest BCUT2D eigenvalue weighted by molar-refractivity contribution is 7.78. The number of aryl methyl sites for hydroxylation is 1. The number of isothiocyanates is 1. The lowest BCUT2D eigenvalue weighted by atomic mass is 10.1. The topological polar surface area (TPSA) is 34.5 Å². The highest BCUT2D eigenvalue weighted by Gasteiger charge is 1.97. The predicted molar refractivity (Wildman–Crippen MR) is 79.2 cm³/mol. The minimum atomic E-state index is 0.608. The molecule has 2 rings (SSSR count). The molecular formula is C15H14N2OS. The van der Waals surface area contributed by atoms with E-state index in [9.17, 15) is 0 Å². The number of aliphatic imine (C=N–C) groups is 1. The van der Waals surface area contributed by atoms with Crippen molar-refractivity contribution in [1.29, 1.82) is 0 Å². The molecule has 1 heterocycles. The van der Waals surface area contributed by atoms with Crippen molar-refractivity contribution < 1.29 is 4.74 Å². The van der Waals surface area contributed by atoms with Crippen LogP contribution in [0.15, 0.2) is 53.7 Å². The minimum Gasteiger partial charge on any atom is -0.478 e. The molecule has 0 N–H and O–H groups in total. The van der Waals surface area contributed by atoms with Crippen LogP contribution in [0.4, 0.5) is 5.69 Å². The summed E-state index contributed by atoms with van der Waals surface area (Å²) >= 11 is 4.52. The number of thiocarbonyl (C=S) groups is 1. The Hall–Kier alpha value is -2.03. The van der Waals surface area contributed by atoms with Crippen LogP contribution in [-0.2, 0) is 6.42 Å². The Bertz CT molecular complexity index is 548. The van der Waals surface area contributed by atoms with E-state index in [0.29, 0.717) is 18.2 Å². The summed E-state index contributed by atoms with van der Waals surface area (Å²) in [4.78, 5) is 7.97. The Morgan fingerprint density at radius 3 is 2.68 bits per heavy atom. The zero-order chi connectivity index (χ0) is 13.3. The summed E-state index contributed by atoms with van der Waals surface area (Å²) in [7, 11) is 0. The molecule has 1 aromatic heterocycles. The summed E-state index contributed by atoms with van der Waals surface area (Å²) in [5.74, 6) is 0.608. The van der Waals surface area contributed by atoms with E-state index in [-0.39, 0.29) is 0 Å². The first kappa shape index (κ1) is 13.4. The van der Waals surface area contributed by atoms with Crippen molar-refractivity contribution in [2.45, 2.75) is 12.8 Å². The largest absolute Gasteiger partial charge is 0.478 e. The van der Waals surface area contributed by atoms with Gasteiger partial charge in [-0.3, -0.25) is 0 Å². The third kappa shape index (κ3) is 4.62. The van der Waals surface area contributed by atoms with E-state index in [1.807, 2.05) is 18.2 Å². The summed E-state index contributed by atoms with van der Waals surface area (Å²) in [6.45, 7) is 0.650. The number of ether oxygens (including phenoxy) is 1. The van der Waals surface area contributed by atoms with Crippen LogP contribution in [0.5, 0.6) is 5.88 Å². The van der Waals surface area contributed by atoms with Crippen molar-refractivity contribution in [3.05, 3.63) is 54.2 Å². The quantitative estimate of drug-likeness (QED) is 0.454. The molecule has 3 nitrogen and oxygen atoms in total. The number of pyridine rings is 1. The van der Waals surface area contributed by atoms with E-state index < -0.39 is 0 Å². The molecule has 0 saturated carbocycles. The third-order valence-corrected chi connectivity index (χ3v) is 2.69. The van der Waals surface area contributed by atoms with Gasteiger partial charge in [-0.1, -0.05) is 30.3 Å². The maximum Gasteiger partial charge on any atom is 0.213 e. The fourth-order valence-corrected chi connectivity index (χ4v) is 1.78. The van der Waals surface area contributed by atoms with Crippen LogP contribution in [0.1, 0.15) is 12.0 Å². The molecule has 96 valence electrons. The fraction of sp³-hybridized carbons (Fsp3) is 0.200. The molecule has 0 radical (unpaired) electrons. The van der Waals surface area contributed by atoms with Crippen molar-refractivity contribution in [3.8, 4) is 5.88 Å². The van der Waals surface area contributed by atoms with Gasteiger partial charge in [0.2, 0.25) is 5.88 Å². The average Bonchev–Trinajstić information content (AvgIpc) is 2.47. The van der Waals surface area contributed by atoms with E-state index in [0.717, 1.165) is 12.8 Å². The molecular weight excluding hydrogens is 256 g/mol. The second-order valence-corrected chi connectivity index (χ2v) is 4.18. The van der Waals surface area contributed by atoms with Gasteiger partial charge in [-0.2, -0.15) is 4.99 Å². The van der Waals surface area contributed by atoms with Gasteiger partial charge >= 0.3 is 0 Å². The van der Waals surface area contributed by atoms with Crippen molar-refractivity contribution in [2.24, 2.45) is 4.99 Å². The molecule has 0 fully saturated rings. The Morgan fingerprint density at radius 1 is 1.16 bits per heavy atom. The fourth-order valence-electron chi connectivity index (χ4n) is 1.67. The van der Waals surface area contributed by atoms with Crippen LogP contribution < -0.4 is 4.74 Å². The predicted octanol–water partition coefficient (Wildman–Crippen LogP) is 3.83. The second kappa shape index (κ2) is 7.41. The van der Waals surface area contributed by atoms with Crippen LogP contribution in [0, 0.1) is 0 Å². The van der Waals surface area contributed by atoms with Crippen LogP contribution in [0.25, 0.3) is 0 Å². The van der Waals surface area contributed by atoms with E-state index in [1.54, 1.807) is 18.3 Å². The lowest BCUT2D eigenvalue weighted by Crippen LogP contribution is -2.00. The van der Waals surface area contributed by atoms with Gasteiger partial charge < -0.3 is 4.74 Å². The van der Waals surface area contributed by atoms with Crippen LogP contribution in [-0.4, -0.2) is 16.8 Å². The third-order valence-electron chi connectivity index (χ3n) is 2.60. The molecule has 1 aromatic carbocycles. The summed E-state index contributed by atoms with van der Waals surface area (Å²) in [6, 6.07) is 14.0. The minimum absolute atomic E-state index is 0.608. The smallest absolute Gasteiger partial charge is 0.213 e. The highest BCUT2D eigenvalue weighted by Crippen LogP contribution is 2.14. The van der Waals surface area contributed by atoms with Crippen molar-refractivity contribution in [2.75, 3.05) is 6.61 Å². The molecule has 19 heavy (non-hydrogen) atoms. The first-order chi connectivity index (χ1) is 9.38. The molecule has 0 bridgehead atoms. The van der Waals surface area contributed by atoms with Crippen molar-refractivity contribution in [3.63, 3.8) is 0 Å². The van der Waals surface area contributed by atoms with Crippen LogP contribution >= 0.6 is 12.2 Å². The molecule has 0 aliphatic carbocycles. The number of hydrogen-bond acceptors (Lipinski definition) is 4. The molecule has 0 unspecified atom stereocenters. The van der Waals surface area contributed by atoms with Gasteiger partial charge in [0.25, 0.3) is 0 Å². The van der Waals surface area contributed by atoms with E-state index in [1.165, 1.54) is 5.56 Å². The van der Waals surface area contributed by atoms with Gasteiger partial charge in [0.1, 0.15) is 0 Å². The van der Waals surface area contributed by atoms with Gasteiger partial charge in [0, 0.05) is 6.07 Å². The SMILES string of the molecule is S=C=Nc1ccc(OCCCc2ccccc2)nc1. The maximum atomic E-state index is 5.56. The molecule has 4 heteroatoms. The molecule has 0 amide bonds. The Kier molecular flexibility index (Phi) is 5.23. The van der Waals surface area contributed by atoms with Crippen LogP contribution in [0.3, 0.4) is 0 Å². The normalized spacial score (nSPS) is 9.68. The van der Waals surface area contributed by atoms with Crippen molar-refractivity contribution >= 4 is 23.1 Å². The van der Waals surface area contributed by atoms with E-state index in [2.05, 4.69) is 39.5 Å². The highest BCUT2D eigenvalue weighted by atomic mass is 32.1. The first-order valence-electron chi connectivity index (χ1n) is 6.09. The monoisotopic (exact) mass is 270 g/mol. The van der Waals surface area contributed by atoms with Gasteiger partial charge in [-0.05, 0) is 36.7 Å². The summed E-state index contributed by atoms with van der Waals surface area (Å²) < 4.78 is 5.56.